The molecule has 482 valence electrons. The normalized spacial score (nSPS) is 12.5. The van der Waals surface area contributed by atoms with Crippen LogP contribution >= 0.6 is 0 Å². The van der Waals surface area contributed by atoms with Gasteiger partial charge in [-0.25, -0.2) is 0 Å². The fourth-order valence-electron chi connectivity index (χ4n) is 10.8. The summed E-state index contributed by atoms with van der Waals surface area (Å²) in [7, 11) is 0. The molecule has 0 fully saturated rings. The second-order valence-corrected chi connectivity index (χ2v) is 24.5. The summed E-state index contributed by atoms with van der Waals surface area (Å²) in [6, 6.07) is 0. The van der Waals surface area contributed by atoms with Gasteiger partial charge in [0.15, 0.2) is 6.10 Å². The Labute approximate surface area is 516 Å². The van der Waals surface area contributed by atoms with E-state index in [0.29, 0.717) is 19.3 Å². The van der Waals surface area contributed by atoms with E-state index in [4.69, 9.17) is 14.2 Å². The van der Waals surface area contributed by atoms with E-state index >= 15 is 0 Å². The van der Waals surface area contributed by atoms with Crippen molar-refractivity contribution in [3.05, 3.63) is 72.9 Å². The van der Waals surface area contributed by atoms with Gasteiger partial charge in [-0.2, -0.15) is 0 Å². The fraction of sp³-hybridized carbons (Fsp3) is 0.805. The van der Waals surface area contributed by atoms with Crippen molar-refractivity contribution in [2.45, 2.75) is 386 Å². The van der Waals surface area contributed by atoms with Crippen LogP contribution in [-0.2, 0) is 28.6 Å². The van der Waals surface area contributed by atoms with Crippen LogP contribution in [0, 0.1) is 0 Å². The van der Waals surface area contributed by atoms with Crippen molar-refractivity contribution in [3.63, 3.8) is 0 Å². The van der Waals surface area contributed by atoms with E-state index in [-0.39, 0.29) is 31.1 Å². The number of ether oxygens (including phenoxy) is 3. The first-order valence-electron chi connectivity index (χ1n) is 36.4. The summed E-state index contributed by atoms with van der Waals surface area (Å²) in [4.78, 5) is 38.5. The Bertz CT molecular complexity index is 1520. The van der Waals surface area contributed by atoms with Crippen molar-refractivity contribution in [2.24, 2.45) is 0 Å². The van der Waals surface area contributed by atoms with E-state index in [1.165, 1.54) is 244 Å². The average Bonchev–Trinajstić information content (AvgIpc) is 3.49. The smallest absolute Gasteiger partial charge is 0.306 e. The monoisotopic (exact) mass is 1160 g/mol. The molecule has 0 N–H and O–H groups in total. The molecule has 0 bridgehead atoms. The molecule has 0 spiro atoms. The third kappa shape index (κ3) is 69.5. The van der Waals surface area contributed by atoms with E-state index in [0.717, 1.165) is 96.3 Å². The van der Waals surface area contributed by atoms with Gasteiger partial charge in [0.1, 0.15) is 13.2 Å². The number of allylic oxidation sites excluding steroid dienone is 12. The first kappa shape index (κ1) is 79.8. The Morgan fingerprint density at radius 2 is 0.470 bits per heavy atom. The van der Waals surface area contributed by atoms with E-state index in [1.54, 1.807) is 0 Å². The van der Waals surface area contributed by atoms with Crippen molar-refractivity contribution < 1.29 is 28.6 Å². The SMILES string of the molecule is CC/C=C\C/C=C\C/C=C\C/C=C\C/C=C\CCCCCCCCCC(=O)OCC(COC(=O)CCCCCCCCCCC/C=C\CCCCCCCC)OC(=O)CCCCCCCCCCCCCCCCCCCCCCCCC. The van der Waals surface area contributed by atoms with Gasteiger partial charge >= 0.3 is 17.9 Å². The van der Waals surface area contributed by atoms with Crippen LogP contribution in [0.2, 0.25) is 0 Å². The molecule has 1 unspecified atom stereocenters. The largest absolute Gasteiger partial charge is 0.462 e. The lowest BCUT2D eigenvalue weighted by molar-refractivity contribution is -0.167. The van der Waals surface area contributed by atoms with Crippen LogP contribution in [-0.4, -0.2) is 37.2 Å². The van der Waals surface area contributed by atoms with E-state index in [2.05, 4.69) is 93.7 Å². The molecule has 0 rings (SSSR count). The number of hydrogen-bond donors (Lipinski definition) is 0. The van der Waals surface area contributed by atoms with Crippen molar-refractivity contribution >= 4 is 17.9 Å². The van der Waals surface area contributed by atoms with Gasteiger partial charge in [0, 0.05) is 19.3 Å². The summed E-state index contributed by atoms with van der Waals surface area (Å²) >= 11 is 0. The Kier molecular flexibility index (Phi) is 68.6. The van der Waals surface area contributed by atoms with Crippen LogP contribution in [0.25, 0.3) is 0 Å². The first-order chi connectivity index (χ1) is 41.0. The Morgan fingerprint density at radius 1 is 0.253 bits per heavy atom. The third-order valence-corrected chi connectivity index (χ3v) is 16.2. The lowest BCUT2D eigenvalue weighted by atomic mass is 10.0. The van der Waals surface area contributed by atoms with Gasteiger partial charge in [0.25, 0.3) is 0 Å². The average molecular weight is 1160 g/mol. The van der Waals surface area contributed by atoms with Crippen molar-refractivity contribution in [3.8, 4) is 0 Å². The summed E-state index contributed by atoms with van der Waals surface area (Å²) in [6.45, 7) is 6.58. The van der Waals surface area contributed by atoms with E-state index in [1.807, 2.05) is 0 Å². The molecule has 83 heavy (non-hydrogen) atoms. The van der Waals surface area contributed by atoms with Gasteiger partial charge in [-0.05, 0) is 89.9 Å². The molecule has 1 atom stereocenters. The lowest BCUT2D eigenvalue weighted by Crippen LogP contribution is -2.30. The van der Waals surface area contributed by atoms with Crippen molar-refractivity contribution in [1.29, 1.82) is 0 Å². The van der Waals surface area contributed by atoms with Gasteiger partial charge in [-0.15, -0.1) is 0 Å². The van der Waals surface area contributed by atoms with Gasteiger partial charge in [-0.3, -0.25) is 14.4 Å². The Hall–Kier alpha value is -3.15. The molecule has 0 aromatic heterocycles. The molecule has 0 aromatic rings. The summed E-state index contributed by atoms with van der Waals surface area (Å²) < 4.78 is 17.0. The molecule has 0 amide bonds. The van der Waals surface area contributed by atoms with E-state index in [9.17, 15) is 14.4 Å². The number of hydrogen-bond acceptors (Lipinski definition) is 6. The van der Waals surface area contributed by atoms with Crippen LogP contribution in [0.15, 0.2) is 72.9 Å². The number of esters is 3. The Balaban J connectivity index is 4.36. The van der Waals surface area contributed by atoms with Crippen LogP contribution in [0.4, 0.5) is 0 Å². The zero-order valence-corrected chi connectivity index (χ0v) is 55.5. The Morgan fingerprint density at radius 3 is 0.747 bits per heavy atom. The topological polar surface area (TPSA) is 78.9 Å². The molecule has 0 radical (unpaired) electrons. The molecule has 0 heterocycles. The minimum atomic E-state index is -0.782. The second-order valence-electron chi connectivity index (χ2n) is 24.5. The zero-order valence-electron chi connectivity index (χ0n) is 55.5. The van der Waals surface area contributed by atoms with Crippen LogP contribution in [0.5, 0.6) is 0 Å². The summed E-state index contributed by atoms with van der Waals surface area (Å²) in [5, 5.41) is 0. The predicted octanol–water partition coefficient (Wildman–Crippen LogP) is 25.2. The number of carbonyl (C=O) groups excluding carboxylic acids is 3. The molecular formula is C77H138O6. The minimum Gasteiger partial charge on any atom is -0.462 e. The van der Waals surface area contributed by atoms with Crippen molar-refractivity contribution in [1.82, 2.24) is 0 Å². The minimum absolute atomic E-state index is 0.0761. The first-order valence-corrected chi connectivity index (χ1v) is 36.4. The second kappa shape index (κ2) is 71.3. The molecule has 0 saturated heterocycles. The van der Waals surface area contributed by atoms with Gasteiger partial charge in [-0.1, -0.05) is 344 Å². The molecule has 6 heteroatoms. The highest BCUT2D eigenvalue weighted by Gasteiger charge is 2.19. The molecule has 0 aliphatic carbocycles. The lowest BCUT2D eigenvalue weighted by Gasteiger charge is -2.18. The number of carbonyl (C=O) groups is 3. The standard InChI is InChI=1S/C77H138O6/c1-4-7-10-13-16-19-22-25-28-31-34-36-38-40-43-46-49-52-55-58-61-64-67-70-76(79)82-73-74(72-81-75(78)69-66-63-60-57-54-51-48-45-42-33-30-27-24-21-18-15-12-9-6-3)83-77(80)71-68-65-62-59-56-53-50-47-44-41-39-37-35-32-29-26-23-20-17-14-11-8-5-2/h7,10,16,19,25,27-28,30,34,36,40,43,74H,4-6,8-9,11-15,17-18,20-24,26,29,31-33,35,37-39,41-42,44-73H2,1-3H3/b10-7-,19-16-,28-25-,30-27-,36-34-,43-40-. The fourth-order valence-corrected chi connectivity index (χ4v) is 10.8. The summed E-state index contributed by atoms with van der Waals surface area (Å²) in [5.41, 5.74) is 0. The van der Waals surface area contributed by atoms with Gasteiger partial charge < -0.3 is 14.2 Å². The molecular weight excluding hydrogens is 1020 g/mol. The van der Waals surface area contributed by atoms with Crippen molar-refractivity contribution in [2.75, 3.05) is 13.2 Å². The maximum atomic E-state index is 13.0. The molecule has 0 aromatic carbocycles. The van der Waals surface area contributed by atoms with Crippen LogP contribution in [0.3, 0.4) is 0 Å². The molecule has 0 saturated carbocycles. The molecule has 6 nitrogen and oxygen atoms in total. The number of rotatable bonds is 67. The molecule has 0 aliphatic rings. The van der Waals surface area contributed by atoms with Gasteiger partial charge in [0.2, 0.25) is 0 Å². The maximum Gasteiger partial charge on any atom is 0.306 e. The van der Waals surface area contributed by atoms with Crippen LogP contribution < -0.4 is 0 Å². The highest BCUT2D eigenvalue weighted by atomic mass is 16.6. The highest BCUT2D eigenvalue weighted by Crippen LogP contribution is 2.18. The molecule has 0 aliphatic heterocycles. The number of unbranched alkanes of at least 4 members (excludes halogenated alkanes) is 44. The van der Waals surface area contributed by atoms with Crippen LogP contribution in [0.1, 0.15) is 380 Å². The zero-order chi connectivity index (χ0) is 59.9. The highest BCUT2D eigenvalue weighted by molar-refractivity contribution is 5.71. The third-order valence-electron chi connectivity index (χ3n) is 16.2. The van der Waals surface area contributed by atoms with E-state index < -0.39 is 6.10 Å². The maximum absolute atomic E-state index is 13.0. The summed E-state index contributed by atoms with van der Waals surface area (Å²) in [6.07, 6.45) is 93.5. The van der Waals surface area contributed by atoms with Gasteiger partial charge in [0.05, 0.1) is 0 Å². The summed E-state index contributed by atoms with van der Waals surface area (Å²) in [5.74, 6) is -0.864. The predicted molar refractivity (Wildman–Crippen MR) is 362 cm³/mol. The quantitative estimate of drug-likeness (QED) is 0.0261.